The Kier molecular flexibility index (Phi) is 4.33. The average molecular weight is 344 g/mol. The second-order valence-corrected chi connectivity index (χ2v) is 4.56. The zero-order valence-corrected chi connectivity index (χ0v) is 12.3. The highest BCUT2D eigenvalue weighted by Crippen LogP contribution is 2.33. The molecule has 1 aromatic carbocycles. The number of methoxy groups -OCH3 is 1. The van der Waals surface area contributed by atoms with Crippen molar-refractivity contribution in [2.75, 3.05) is 13.7 Å². The number of nitrogens with one attached hydrogen (secondary N) is 1. The van der Waals surface area contributed by atoms with Crippen molar-refractivity contribution in [1.82, 2.24) is 15.4 Å². The van der Waals surface area contributed by atoms with Crippen LogP contribution >= 0.6 is 15.9 Å². The van der Waals surface area contributed by atoms with Gasteiger partial charge in [-0.25, -0.2) is 9.18 Å². The van der Waals surface area contributed by atoms with Gasteiger partial charge in [0.05, 0.1) is 18.2 Å². The topological polar surface area (TPSA) is 77.1 Å². The van der Waals surface area contributed by atoms with Gasteiger partial charge in [0.2, 0.25) is 0 Å². The Balaban J connectivity index is 2.50. The number of hydrogen-bond acceptors (Lipinski definition) is 5. The summed E-state index contributed by atoms with van der Waals surface area (Å²) in [5.41, 5.74) is 0.140. The van der Waals surface area contributed by atoms with Crippen LogP contribution in [0.3, 0.4) is 0 Å². The van der Waals surface area contributed by atoms with Gasteiger partial charge in [0.15, 0.2) is 5.69 Å². The van der Waals surface area contributed by atoms with Gasteiger partial charge >= 0.3 is 5.97 Å². The van der Waals surface area contributed by atoms with Gasteiger partial charge in [-0.05, 0) is 28.9 Å². The molecule has 0 spiro atoms. The number of ether oxygens (including phenoxy) is 2. The van der Waals surface area contributed by atoms with Gasteiger partial charge in [0.1, 0.15) is 17.3 Å². The van der Waals surface area contributed by atoms with Crippen molar-refractivity contribution in [3.05, 3.63) is 28.1 Å². The van der Waals surface area contributed by atoms with E-state index in [2.05, 4.69) is 31.3 Å². The van der Waals surface area contributed by atoms with E-state index >= 15 is 0 Å². The summed E-state index contributed by atoms with van der Waals surface area (Å²) in [6.07, 6.45) is 0. The lowest BCUT2D eigenvalue weighted by Crippen LogP contribution is -2.07. The summed E-state index contributed by atoms with van der Waals surface area (Å²) in [5.74, 6) is -0.903. The number of hydrogen-bond donors (Lipinski definition) is 1. The largest absolute Gasteiger partial charge is 0.495 e. The van der Waals surface area contributed by atoms with Crippen LogP contribution in [0.1, 0.15) is 17.4 Å². The number of nitrogens with zero attached hydrogens (tertiary/aromatic N) is 2. The van der Waals surface area contributed by atoms with Gasteiger partial charge in [0, 0.05) is 11.6 Å². The van der Waals surface area contributed by atoms with E-state index in [1.807, 2.05) is 0 Å². The summed E-state index contributed by atoms with van der Waals surface area (Å²) in [6.45, 7) is 1.86. The zero-order chi connectivity index (χ0) is 14.7. The first kappa shape index (κ1) is 14.4. The Hall–Kier alpha value is -1.96. The third kappa shape index (κ3) is 2.64. The summed E-state index contributed by atoms with van der Waals surface area (Å²) in [6, 6.07) is 2.66. The van der Waals surface area contributed by atoms with E-state index in [-0.39, 0.29) is 23.6 Å². The number of carbonyl (C=O) groups excluding carboxylic acids is 1. The van der Waals surface area contributed by atoms with Crippen LogP contribution in [0.4, 0.5) is 4.39 Å². The van der Waals surface area contributed by atoms with Crippen molar-refractivity contribution in [3.63, 3.8) is 0 Å². The number of rotatable bonds is 4. The molecule has 0 atom stereocenters. The highest BCUT2D eigenvalue weighted by molar-refractivity contribution is 9.10. The zero-order valence-electron chi connectivity index (χ0n) is 10.7. The summed E-state index contributed by atoms with van der Waals surface area (Å²) in [5, 5.41) is 9.81. The Morgan fingerprint density at radius 1 is 1.45 bits per heavy atom. The molecular formula is C12H11BrFN3O3. The Morgan fingerprint density at radius 2 is 2.20 bits per heavy atom. The molecular weight excluding hydrogens is 333 g/mol. The Morgan fingerprint density at radius 3 is 2.85 bits per heavy atom. The van der Waals surface area contributed by atoms with Crippen molar-refractivity contribution in [2.24, 2.45) is 0 Å². The van der Waals surface area contributed by atoms with Crippen LogP contribution in [0.25, 0.3) is 11.3 Å². The first-order chi connectivity index (χ1) is 9.58. The lowest BCUT2D eigenvalue weighted by atomic mass is 10.1. The van der Waals surface area contributed by atoms with E-state index in [1.165, 1.54) is 19.2 Å². The third-order valence-corrected chi connectivity index (χ3v) is 3.13. The van der Waals surface area contributed by atoms with Crippen LogP contribution in [0.5, 0.6) is 5.75 Å². The van der Waals surface area contributed by atoms with Crippen LogP contribution in [0.2, 0.25) is 0 Å². The van der Waals surface area contributed by atoms with Crippen molar-refractivity contribution in [2.45, 2.75) is 6.92 Å². The SMILES string of the molecule is CCOC(=O)c1n[nH]nc1-c1cc(Br)c(OC)cc1F. The molecule has 0 saturated heterocycles. The first-order valence-corrected chi connectivity index (χ1v) is 6.49. The molecule has 20 heavy (non-hydrogen) atoms. The maximum Gasteiger partial charge on any atom is 0.361 e. The molecule has 0 aliphatic carbocycles. The summed E-state index contributed by atoms with van der Waals surface area (Å²) in [4.78, 5) is 11.7. The van der Waals surface area contributed by atoms with Crippen LogP contribution < -0.4 is 4.74 Å². The van der Waals surface area contributed by atoms with Crippen molar-refractivity contribution >= 4 is 21.9 Å². The van der Waals surface area contributed by atoms with E-state index in [9.17, 15) is 9.18 Å². The van der Waals surface area contributed by atoms with Crippen molar-refractivity contribution in [1.29, 1.82) is 0 Å². The van der Waals surface area contributed by atoms with E-state index in [4.69, 9.17) is 9.47 Å². The lowest BCUT2D eigenvalue weighted by molar-refractivity contribution is 0.0520. The molecule has 1 heterocycles. The van der Waals surface area contributed by atoms with Crippen molar-refractivity contribution < 1.29 is 18.7 Å². The van der Waals surface area contributed by atoms with Crippen LogP contribution in [0, 0.1) is 5.82 Å². The normalized spacial score (nSPS) is 10.4. The predicted molar refractivity (Wildman–Crippen MR) is 72.0 cm³/mol. The number of H-pyrrole nitrogens is 1. The van der Waals surface area contributed by atoms with Gasteiger partial charge < -0.3 is 9.47 Å². The maximum atomic E-state index is 14.1. The number of benzene rings is 1. The number of aromatic nitrogens is 3. The molecule has 0 amide bonds. The molecule has 0 fully saturated rings. The van der Waals surface area contributed by atoms with Crippen LogP contribution in [0.15, 0.2) is 16.6 Å². The predicted octanol–water partition coefficient (Wildman–Crippen LogP) is 2.56. The second kappa shape index (κ2) is 6.00. The van der Waals surface area contributed by atoms with E-state index in [0.717, 1.165) is 0 Å². The minimum Gasteiger partial charge on any atom is -0.495 e. The van der Waals surface area contributed by atoms with Crippen molar-refractivity contribution in [3.8, 4) is 17.0 Å². The van der Waals surface area contributed by atoms with Gasteiger partial charge in [0.25, 0.3) is 0 Å². The minimum atomic E-state index is -0.664. The molecule has 1 N–H and O–H groups in total. The molecule has 6 nitrogen and oxygen atoms in total. The average Bonchev–Trinajstić information content (AvgIpc) is 2.90. The quantitative estimate of drug-likeness (QED) is 0.863. The number of halogens is 2. The standard InChI is InChI=1S/C12H11BrFN3O3/c1-3-20-12(18)11-10(15-17-16-11)6-4-7(13)9(19-2)5-8(6)14/h4-5H,3H2,1-2H3,(H,15,16,17). The van der Waals surface area contributed by atoms with Crippen LogP contribution in [-0.2, 0) is 4.74 Å². The van der Waals surface area contributed by atoms with Gasteiger partial charge in [-0.15, -0.1) is 5.10 Å². The van der Waals surface area contributed by atoms with Crippen LogP contribution in [-0.4, -0.2) is 35.1 Å². The van der Waals surface area contributed by atoms with E-state index in [1.54, 1.807) is 6.92 Å². The summed E-state index contributed by atoms with van der Waals surface area (Å²) in [7, 11) is 1.43. The smallest absolute Gasteiger partial charge is 0.361 e. The maximum absolute atomic E-state index is 14.1. The molecule has 2 rings (SSSR count). The monoisotopic (exact) mass is 343 g/mol. The molecule has 0 bridgehead atoms. The van der Waals surface area contributed by atoms with Gasteiger partial charge in [-0.3, -0.25) is 0 Å². The number of esters is 1. The molecule has 0 radical (unpaired) electrons. The number of carbonyl (C=O) groups is 1. The lowest BCUT2D eigenvalue weighted by Gasteiger charge is -2.07. The third-order valence-electron chi connectivity index (χ3n) is 2.51. The van der Waals surface area contributed by atoms with Gasteiger partial charge in [-0.1, -0.05) is 0 Å². The summed E-state index contributed by atoms with van der Waals surface area (Å²) < 4.78 is 24.4. The molecule has 0 unspecified atom stereocenters. The molecule has 0 aliphatic heterocycles. The summed E-state index contributed by atoms with van der Waals surface area (Å²) >= 11 is 3.25. The molecule has 2 aromatic rings. The van der Waals surface area contributed by atoms with Gasteiger partial charge in [-0.2, -0.15) is 10.3 Å². The highest BCUT2D eigenvalue weighted by Gasteiger charge is 2.22. The molecule has 0 aliphatic rings. The minimum absolute atomic E-state index is 0.0668. The molecule has 106 valence electrons. The van der Waals surface area contributed by atoms with E-state index < -0.39 is 11.8 Å². The van der Waals surface area contributed by atoms with E-state index in [0.29, 0.717) is 10.2 Å². The highest BCUT2D eigenvalue weighted by atomic mass is 79.9. The fraction of sp³-hybridized carbons (Fsp3) is 0.250. The molecule has 1 aromatic heterocycles. The molecule has 0 saturated carbocycles. The Bertz CT molecular complexity index is 645. The molecule has 8 heteroatoms. The fourth-order valence-corrected chi connectivity index (χ4v) is 2.13. The second-order valence-electron chi connectivity index (χ2n) is 3.71. The fourth-order valence-electron chi connectivity index (χ4n) is 1.63. The first-order valence-electron chi connectivity index (χ1n) is 5.69. The number of aromatic amines is 1. The Labute approximate surface area is 122 Å².